The molecule has 1 N–H and O–H groups in total. The number of rotatable bonds is 11. The van der Waals surface area contributed by atoms with Crippen molar-refractivity contribution >= 4 is 39.3 Å². The zero-order chi connectivity index (χ0) is 29.7. The van der Waals surface area contributed by atoms with Gasteiger partial charge in [0.1, 0.15) is 10.9 Å². The molecule has 2 aliphatic rings. The first kappa shape index (κ1) is 29.8. The van der Waals surface area contributed by atoms with Crippen molar-refractivity contribution in [2.45, 2.75) is 68.5 Å². The molecule has 1 fully saturated rings. The van der Waals surface area contributed by atoms with Gasteiger partial charge in [-0.05, 0) is 48.6 Å². The molecule has 10 heteroatoms. The Morgan fingerprint density at radius 2 is 1.62 bits per heavy atom. The van der Waals surface area contributed by atoms with Gasteiger partial charge in [0.2, 0.25) is 11.8 Å². The van der Waals surface area contributed by atoms with Crippen LogP contribution in [0.1, 0.15) is 60.0 Å². The molecule has 3 aromatic carbocycles. The van der Waals surface area contributed by atoms with Gasteiger partial charge in [-0.1, -0.05) is 85.1 Å². The quantitative estimate of drug-likeness (QED) is 0.332. The number of carbonyl (C=O) groups is 3. The zero-order valence-corrected chi connectivity index (χ0v) is 24.8. The molecule has 0 saturated heterocycles. The van der Waals surface area contributed by atoms with Crippen LogP contribution in [0.25, 0.3) is 0 Å². The van der Waals surface area contributed by atoms with Crippen LogP contribution < -0.4 is 5.32 Å². The minimum Gasteiger partial charge on any atom is -0.352 e. The first-order valence-corrected chi connectivity index (χ1v) is 16.1. The van der Waals surface area contributed by atoms with Gasteiger partial charge >= 0.3 is 0 Å². The Kier molecular flexibility index (Phi) is 9.28. The van der Waals surface area contributed by atoms with Crippen LogP contribution >= 0.6 is 11.6 Å². The number of nitrogens with zero attached hydrogens (tertiary/aromatic N) is 2. The van der Waals surface area contributed by atoms with Crippen molar-refractivity contribution in [1.29, 1.82) is 0 Å². The molecule has 3 amide bonds. The molecule has 0 aromatic heterocycles. The summed E-state index contributed by atoms with van der Waals surface area (Å²) in [5.41, 5.74) is 1.75. The maximum Gasteiger partial charge on any atom is 0.269 e. The predicted octanol–water partition coefficient (Wildman–Crippen LogP) is 4.96. The smallest absolute Gasteiger partial charge is 0.269 e. The first-order chi connectivity index (χ1) is 20.3. The highest BCUT2D eigenvalue weighted by Gasteiger charge is 2.40. The summed E-state index contributed by atoms with van der Waals surface area (Å²) in [6.07, 6.45) is 4.29. The van der Waals surface area contributed by atoms with E-state index in [1.807, 2.05) is 42.5 Å². The molecule has 8 nitrogen and oxygen atoms in total. The number of benzene rings is 3. The van der Waals surface area contributed by atoms with Crippen molar-refractivity contribution in [3.63, 3.8) is 0 Å². The lowest BCUT2D eigenvalue weighted by Crippen LogP contribution is -2.52. The van der Waals surface area contributed by atoms with E-state index in [2.05, 4.69) is 5.32 Å². The minimum atomic E-state index is -3.97. The largest absolute Gasteiger partial charge is 0.352 e. The van der Waals surface area contributed by atoms with E-state index in [0.29, 0.717) is 17.0 Å². The average molecular weight is 608 g/mol. The van der Waals surface area contributed by atoms with Gasteiger partial charge in [-0.3, -0.25) is 14.4 Å². The number of fused-ring (bicyclic) bond motifs is 1. The van der Waals surface area contributed by atoms with Crippen LogP contribution in [0, 0.1) is 0 Å². The van der Waals surface area contributed by atoms with Gasteiger partial charge in [-0.15, -0.1) is 0 Å². The molecule has 0 spiro atoms. The Morgan fingerprint density at radius 1 is 0.952 bits per heavy atom. The maximum atomic E-state index is 13.9. The molecule has 1 saturated carbocycles. The van der Waals surface area contributed by atoms with Gasteiger partial charge in [0.15, 0.2) is 0 Å². The van der Waals surface area contributed by atoms with E-state index in [1.54, 1.807) is 29.2 Å². The lowest BCUT2D eigenvalue weighted by molar-refractivity contribution is -0.141. The number of carbonyl (C=O) groups excluding carboxylic acids is 3. The molecule has 220 valence electrons. The molecule has 0 bridgehead atoms. The fourth-order valence-corrected chi connectivity index (χ4v) is 7.50. The number of sulfonamides is 1. The zero-order valence-electron chi connectivity index (χ0n) is 23.2. The second kappa shape index (κ2) is 13.1. The van der Waals surface area contributed by atoms with E-state index >= 15 is 0 Å². The average Bonchev–Trinajstić information content (AvgIpc) is 3.57. The highest BCUT2D eigenvalue weighted by molar-refractivity contribution is 7.90. The Bertz CT molecular complexity index is 1560. The predicted molar refractivity (Wildman–Crippen MR) is 160 cm³/mol. The Labute approximate surface area is 251 Å². The van der Waals surface area contributed by atoms with Crippen LogP contribution in [0.5, 0.6) is 0 Å². The summed E-state index contributed by atoms with van der Waals surface area (Å²) in [5.74, 6) is -1.14. The Balaban J connectivity index is 1.38. The molecule has 1 aliphatic heterocycles. The van der Waals surface area contributed by atoms with Gasteiger partial charge in [0.05, 0.1) is 5.56 Å². The third-order valence-electron chi connectivity index (χ3n) is 7.94. The number of amides is 3. The SMILES string of the molecule is O=C(NC1CCCC1)[C@@H](Cc1ccccc1)N(Cc1ccccc1Cl)C(=O)CCCN1C(=O)c2ccccc2S1(=O)=O. The second-order valence-electron chi connectivity index (χ2n) is 10.8. The number of nitrogens with one attached hydrogen (secondary N) is 1. The second-order valence-corrected chi connectivity index (χ2v) is 13.0. The van der Waals surface area contributed by atoms with E-state index in [9.17, 15) is 22.8 Å². The Morgan fingerprint density at radius 3 is 2.33 bits per heavy atom. The lowest BCUT2D eigenvalue weighted by Gasteiger charge is -2.33. The summed E-state index contributed by atoms with van der Waals surface area (Å²) in [7, 11) is -3.97. The van der Waals surface area contributed by atoms with Crippen molar-refractivity contribution in [2.24, 2.45) is 0 Å². The molecular formula is C32H34ClN3O5S. The highest BCUT2D eigenvalue weighted by Crippen LogP contribution is 2.30. The van der Waals surface area contributed by atoms with Crippen LogP contribution in [-0.4, -0.2) is 54.0 Å². The molecule has 3 aromatic rings. The van der Waals surface area contributed by atoms with Crippen LogP contribution in [0.2, 0.25) is 5.02 Å². The monoisotopic (exact) mass is 607 g/mol. The van der Waals surface area contributed by atoms with Gasteiger partial charge in [-0.25, -0.2) is 12.7 Å². The van der Waals surface area contributed by atoms with E-state index < -0.39 is 22.0 Å². The van der Waals surface area contributed by atoms with Crippen molar-refractivity contribution < 1.29 is 22.8 Å². The molecule has 0 unspecified atom stereocenters. The third kappa shape index (κ3) is 6.52. The third-order valence-corrected chi connectivity index (χ3v) is 10.1. The van der Waals surface area contributed by atoms with Gasteiger partial charge in [-0.2, -0.15) is 0 Å². The van der Waals surface area contributed by atoms with E-state index in [-0.39, 0.29) is 54.2 Å². The summed E-state index contributed by atoms with van der Waals surface area (Å²) in [4.78, 5) is 42.1. The summed E-state index contributed by atoms with van der Waals surface area (Å²) in [6.45, 7) is -0.0282. The molecule has 1 heterocycles. The van der Waals surface area contributed by atoms with Crippen LogP contribution in [0.3, 0.4) is 0 Å². The summed E-state index contributed by atoms with van der Waals surface area (Å²) < 4.78 is 26.8. The summed E-state index contributed by atoms with van der Waals surface area (Å²) >= 11 is 6.49. The van der Waals surface area contributed by atoms with Gasteiger partial charge < -0.3 is 10.2 Å². The minimum absolute atomic E-state index is 0.0202. The number of halogens is 1. The fourth-order valence-electron chi connectivity index (χ4n) is 5.70. The molecule has 0 radical (unpaired) electrons. The number of hydrogen-bond donors (Lipinski definition) is 1. The maximum absolute atomic E-state index is 13.9. The highest BCUT2D eigenvalue weighted by atomic mass is 35.5. The van der Waals surface area contributed by atoms with Crippen molar-refractivity contribution in [2.75, 3.05) is 6.54 Å². The van der Waals surface area contributed by atoms with Gasteiger partial charge in [0.25, 0.3) is 15.9 Å². The topological polar surface area (TPSA) is 104 Å². The fraction of sp³-hybridized carbons (Fsp3) is 0.344. The van der Waals surface area contributed by atoms with Crippen molar-refractivity contribution in [1.82, 2.24) is 14.5 Å². The summed E-state index contributed by atoms with van der Waals surface area (Å²) in [6, 6.07) is 22.1. The normalized spacial score (nSPS) is 16.7. The molecule has 1 aliphatic carbocycles. The molecule has 42 heavy (non-hydrogen) atoms. The van der Waals surface area contributed by atoms with Gasteiger partial charge in [0, 0.05) is 37.0 Å². The number of hydrogen-bond acceptors (Lipinski definition) is 5. The van der Waals surface area contributed by atoms with Crippen LogP contribution in [0.15, 0.2) is 83.8 Å². The summed E-state index contributed by atoms with van der Waals surface area (Å²) in [5, 5.41) is 3.65. The van der Waals surface area contributed by atoms with E-state index in [1.165, 1.54) is 12.1 Å². The van der Waals surface area contributed by atoms with Crippen LogP contribution in [0.4, 0.5) is 0 Å². The van der Waals surface area contributed by atoms with E-state index in [0.717, 1.165) is 35.6 Å². The molecule has 1 atom stereocenters. The van der Waals surface area contributed by atoms with Crippen LogP contribution in [-0.2, 0) is 32.6 Å². The molecule has 5 rings (SSSR count). The van der Waals surface area contributed by atoms with Crippen molar-refractivity contribution in [3.8, 4) is 0 Å². The molecular weight excluding hydrogens is 574 g/mol. The van der Waals surface area contributed by atoms with Crippen molar-refractivity contribution in [3.05, 3.63) is 101 Å². The standard InChI is InChI=1S/C32H34ClN3O5S/c33-27-17-8-4-13-24(27)22-35(28(21-23-11-2-1-3-12-23)31(38)34-25-14-5-6-15-25)30(37)19-10-20-36-32(39)26-16-7-9-18-29(26)42(36,40)41/h1-4,7-9,11-13,16-18,25,28H,5-6,10,14-15,19-22H2,(H,34,38)/t28-/m1/s1. The first-order valence-electron chi connectivity index (χ1n) is 14.3. The lowest BCUT2D eigenvalue weighted by atomic mass is 10.0. The Hall–Kier alpha value is -3.69. The van der Waals surface area contributed by atoms with E-state index in [4.69, 9.17) is 11.6 Å².